The summed E-state index contributed by atoms with van der Waals surface area (Å²) in [5.41, 5.74) is 0.689. The minimum absolute atomic E-state index is 0.154. The molecule has 88 valence electrons. The highest BCUT2D eigenvalue weighted by Crippen LogP contribution is 2.23. The predicted molar refractivity (Wildman–Crippen MR) is 63.5 cm³/mol. The van der Waals surface area contributed by atoms with Gasteiger partial charge in [0.2, 0.25) is 0 Å². The number of rotatable bonds is 4. The lowest BCUT2D eigenvalue weighted by atomic mass is 10.0. The lowest BCUT2D eigenvalue weighted by molar-refractivity contribution is 0.0941. The van der Waals surface area contributed by atoms with Gasteiger partial charge in [0.25, 0.3) is 0 Å². The fourth-order valence-corrected chi connectivity index (χ4v) is 2.50. The van der Waals surface area contributed by atoms with Gasteiger partial charge in [-0.05, 0) is 35.2 Å². The molecule has 1 saturated heterocycles. The van der Waals surface area contributed by atoms with Crippen molar-refractivity contribution in [2.45, 2.75) is 26.3 Å². The Morgan fingerprint density at radius 3 is 3.19 bits per heavy atom. The van der Waals surface area contributed by atoms with E-state index in [0.717, 1.165) is 17.5 Å². The van der Waals surface area contributed by atoms with E-state index < -0.39 is 0 Å². The van der Waals surface area contributed by atoms with Crippen LogP contribution in [0.3, 0.4) is 0 Å². The fourth-order valence-electron chi connectivity index (χ4n) is 1.98. The van der Waals surface area contributed by atoms with Crippen molar-refractivity contribution in [2.75, 3.05) is 13.2 Å². The number of nitrogens with zero attached hydrogens (tertiary/aromatic N) is 2. The zero-order chi connectivity index (χ0) is 11.5. The van der Waals surface area contributed by atoms with E-state index in [2.05, 4.69) is 21.0 Å². The largest absolute Gasteiger partial charge is 0.381 e. The van der Waals surface area contributed by atoms with Crippen LogP contribution in [0, 0.1) is 5.92 Å². The van der Waals surface area contributed by atoms with Crippen LogP contribution < -0.4 is 0 Å². The molecule has 1 aliphatic heterocycles. The molecular weight excluding hydrogens is 272 g/mol. The standard InChI is InChI=1S/C11H15BrN2O2/c1-2-14-11(9(12)6-13-14)10(15)5-8-3-4-16-7-8/h6,8H,2-5,7H2,1H3. The maximum Gasteiger partial charge on any atom is 0.182 e. The number of carbonyl (C=O) groups excluding carboxylic acids is 1. The van der Waals surface area contributed by atoms with Crippen molar-refractivity contribution in [2.24, 2.45) is 5.92 Å². The minimum atomic E-state index is 0.154. The molecule has 1 atom stereocenters. The van der Waals surface area contributed by atoms with Gasteiger partial charge in [-0.2, -0.15) is 5.10 Å². The van der Waals surface area contributed by atoms with Gasteiger partial charge in [0.1, 0.15) is 5.69 Å². The first kappa shape index (κ1) is 11.8. The summed E-state index contributed by atoms with van der Waals surface area (Å²) in [6.07, 6.45) is 3.23. The number of ether oxygens (including phenoxy) is 1. The monoisotopic (exact) mass is 286 g/mol. The topological polar surface area (TPSA) is 44.1 Å². The summed E-state index contributed by atoms with van der Waals surface area (Å²) >= 11 is 3.37. The highest BCUT2D eigenvalue weighted by atomic mass is 79.9. The van der Waals surface area contributed by atoms with E-state index in [9.17, 15) is 4.79 Å². The second-order valence-corrected chi connectivity index (χ2v) is 4.87. The number of aromatic nitrogens is 2. The third kappa shape index (κ3) is 2.35. The van der Waals surface area contributed by atoms with Crippen LogP contribution in [0.4, 0.5) is 0 Å². The van der Waals surface area contributed by atoms with Crippen molar-refractivity contribution in [3.8, 4) is 0 Å². The van der Waals surface area contributed by atoms with Crippen LogP contribution in [0.1, 0.15) is 30.3 Å². The van der Waals surface area contributed by atoms with Crippen LogP contribution in [-0.2, 0) is 11.3 Å². The van der Waals surface area contributed by atoms with Crippen molar-refractivity contribution in [1.29, 1.82) is 0 Å². The van der Waals surface area contributed by atoms with E-state index in [1.165, 1.54) is 0 Å². The van der Waals surface area contributed by atoms with Gasteiger partial charge < -0.3 is 4.74 Å². The summed E-state index contributed by atoms with van der Waals surface area (Å²) in [7, 11) is 0. The highest BCUT2D eigenvalue weighted by molar-refractivity contribution is 9.10. The van der Waals surface area contributed by atoms with E-state index in [0.29, 0.717) is 31.2 Å². The average molecular weight is 287 g/mol. The lowest BCUT2D eigenvalue weighted by Crippen LogP contribution is -2.14. The molecule has 0 aromatic carbocycles. The Balaban J connectivity index is 2.10. The van der Waals surface area contributed by atoms with E-state index in [1.807, 2.05) is 6.92 Å². The quantitative estimate of drug-likeness (QED) is 0.798. The zero-order valence-corrected chi connectivity index (χ0v) is 10.9. The molecule has 1 aromatic rings. The van der Waals surface area contributed by atoms with Gasteiger partial charge in [-0.1, -0.05) is 0 Å². The van der Waals surface area contributed by atoms with Crippen molar-refractivity contribution in [3.05, 3.63) is 16.4 Å². The number of Topliss-reactive ketones (excluding diaryl/α,β-unsaturated/α-hetero) is 1. The van der Waals surface area contributed by atoms with Gasteiger partial charge in [-0.3, -0.25) is 9.48 Å². The SMILES string of the molecule is CCn1ncc(Br)c1C(=O)CC1CCOC1. The molecule has 2 heterocycles. The molecule has 0 radical (unpaired) electrons. The van der Waals surface area contributed by atoms with Gasteiger partial charge in [0.05, 0.1) is 10.7 Å². The predicted octanol–water partition coefficient (Wildman–Crippen LogP) is 2.27. The molecule has 0 aliphatic carbocycles. The maximum atomic E-state index is 12.1. The Hall–Kier alpha value is -0.680. The van der Waals surface area contributed by atoms with Crippen molar-refractivity contribution in [1.82, 2.24) is 9.78 Å². The molecule has 0 N–H and O–H groups in total. The first-order valence-electron chi connectivity index (χ1n) is 5.54. The van der Waals surface area contributed by atoms with Crippen LogP contribution in [-0.4, -0.2) is 28.8 Å². The molecule has 0 amide bonds. The number of carbonyl (C=O) groups is 1. The Morgan fingerprint density at radius 1 is 1.75 bits per heavy atom. The van der Waals surface area contributed by atoms with E-state index in [4.69, 9.17) is 4.74 Å². The summed E-state index contributed by atoms with van der Waals surface area (Å²) in [5.74, 6) is 0.529. The Bertz CT molecular complexity index is 383. The first-order chi connectivity index (χ1) is 7.72. The van der Waals surface area contributed by atoms with Crippen molar-refractivity contribution >= 4 is 21.7 Å². The summed E-state index contributed by atoms with van der Waals surface area (Å²) in [4.78, 5) is 12.1. The molecule has 1 unspecified atom stereocenters. The number of aryl methyl sites for hydroxylation is 1. The van der Waals surface area contributed by atoms with Crippen LogP contribution in [0.5, 0.6) is 0 Å². The molecule has 1 aromatic heterocycles. The number of hydrogen-bond donors (Lipinski definition) is 0. The van der Waals surface area contributed by atoms with Crippen molar-refractivity contribution < 1.29 is 9.53 Å². The van der Waals surface area contributed by atoms with Gasteiger partial charge >= 0.3 is 0 Å². The van der Waals surface area contributed by atoms with E-state index in [-0.39, 0.29) is 5.78 Å². The third-order valence-corrected chi connectivity index (χ3v) is 3.44. The van der Waals surface area contributed by atoms with Crippen molar-refractivity contribution in [3.63, 3.8) is 0 Å². The molecule has 5 heteroatoms. The van der Waals surface area contributed by atoms with Gasteiger partial charge in [-0.25, -0.2) is 0 Å². The minimum Gasteiger partial charge on any atom is -0.381 e. The van der Waals surface area contributed by atoms with Crippen LogP contribution >= 0.6 is 15.9 Å². The third-order valence-electron chi connectivity index (χ3n) is 2.86. The first-order valence-corrected chi connectivity index (χ1v) is 6.34. The van der Waals surface area contributed by atoms with E-state index >= 15 is 0 Å². The fraction of sp³-hybridized carbons (Fsp3) is 0.636. The second kappa shape index (κ2) is 5.10. The Kier molecular flexibility index (Phi) is 3.76. The van der Waals surface area contributed by atoms with Gasteiger partial charge in [0.15, 0.2) is 5.78 Å². The molecule has 0 spiro atoms. The number of halogens is 1. The molecule has 1 aliphatic rings. The molecule has 2 rings (SSSR count). The summed E-state index contributed by atoms with van der Waals surface area (Å²) < 4.78 is 7.80. The second-order valence-electron chi connectivity index (χ2n) is 4.01. The molecule has 0 saturated carbocycles. The lowest BCUT2D eigenvalue weighted by Gasteiger charge is -2.08. The molecule has 4 nitrogen and oxygen atoms in total. The smallest absolute Gasteiger partial charge is 0.182 e. The molecule has 1 fully saturated rings. The zero-order valence-electron chi connectivity index (χ0n) is 9.28. The van der Waals surface area contributed by atoms with Gasteiger partial charge in [-0.15, -0.1) is 0 Å². The number of hydrogen-bond acceptors (Lipinski definition) is 3. The van der Waals surface area contributed by atoms with Crippen LogP contribution in [0.2, 0.25) is 0 Å². The molecular formula is C11H15BrN2O2. The summed E-state index contributed by atoms with van der Waals surface area (Å²) in [6.45, 7) is 4.19. The Labute approximate surface area is 103 Å². The molecule has 16 heavy (non-hydrogen) atoms. The average Bonchev–Trinajstić information content (AvgIpc) is 2.87. The number of ketones is 1. The summed E-state index contributed by atoms with van der Waals surface area (Å²) in [6, 6.07) is 0. The maximum absolute atomic E-state index is 12.1. The molecule has 0 bridgehead atoms. The highest BCUT2D eigenvalue weighted by Gasteiger charge is 2.23. The van der Waals surface area contributed by atoms with Crippen LogP contribution in [0.15, 0.2) is 10.7 Å². The van der Waals surface area contributed by atoms with Gasteiger partial charge in [0, 0.05) is 26.2 Å². The summed E-state index contributed by atoms with van der Waals surface area (Å²) in [5, 5.41) is 4.15. The normalized spacial score (nSPS) is 20.2. The Morgan fingerprint density at radius 2 is 2.56 bits per heavy atom. The van der Waals surface area contributed by atoms with E-state index in [1.54, 1.807) is 10.9 Å². The van der Waals surface area contributed by atoms with Crippen LogP contribution in [0.25, 0.3) is 0 Å².